The van der Waals surface area contributed by atoms with Gasteiger partial charge in [0.15, 0.2) is 11.5 Å². The van der Waals surface area contributed by atoms with Gasteiger partial charge in [-0.15, -0.1) is 0 Å². The van der Waals surface area contributed by atoms with Gasteiger partial charge < -0.3 is 25.2 Å². The van der Waals surface area contributed by atoms with E-state index in [1.54, 1.807) is 20.8 Å². The molecule has 0 aromatic heterocycles. The number of ether oxygens (including phenoxy) is 1. The van der Waals surface area contributed by atoms with Gasteiger partial charge in [-0.05, 0) is 12.8 Å². The number of carbonyl (C=O) groups excluding carboxylic acids is 3. The van der Waals surface area contributed by atoms with Gasteiger partial charge in [0, 0.05) is 47.3 Å². The fraction of sp³-hybridized carbons (Fsp3) is 0.591. The van der Waals surface area contributed by atoms with Crippen molar-refractivity contribution < 1.29 is 39.5 Å². The number of carbonyl (C=O) groups is 3. The van der Waals surface area contributed by atoms with Crippen LogP contribution in [0, 0.1) is 11.3 Å². The largest absolute Gasteiger partial charge is 0.507 e. The van der Waals surface area contributed by atoms with Crippen molar-refractivity contribution in [3.05, 3.63) is 16.7 Å². The molecule has 1 fully saturated rings. The fourth-order valence-electron chi connectivity index (χ4n) is 5.58. The molecule has 164 valence electrons. The van der Waals surface area contributed by atoms with Crippen molar-refractivity contribution in [3.63, 3.8) is 0 Å². The van der Waals surface area contributed by atoms with E-state index in [4.69, 9.17) is 4.74 Å². The maximum Gasteiger partial charge on any atom is 0.302 e. The fourth-order valence-corrected chi connectivity index (χ4v) is 5.58. The van der Waals surface area contributed by atoms with Gasteiger partial charge in [0.2, 0.25) is 11.6 Å². The third kappa shape index (κ3) is 2.80. The minimum Gasteiger partial charge on any atom is -0.507 e. The van der Waals surface area contributed by atoms with Gasteiger partial charge in [-0.25, -0.2) is 0 Å². The van der Waals surface area contributed by atoms with E-state index in [1.165, 1.54) is 13.8 Å². The molecule has 0 radical (unpaired) electrons. The standard InChI is InChI=1S/C22H28O8/c1-9(8-23)12-15(25)13-14(18(28)16(12)26)22(5)7-6-11(30-10(2)24)21(3,4)20(22)19(29)17(13)27/h9,11,20,23,25-26,28H,6-8H2,1-5H3/t9-,11-,20-,22+/m0/s1. The average molecular weight is 420 g/mol. The molecule has 1 aromatic rings. The molecule has 0 amide bonds. The Morgan fingerprint density at radius 1 is 1.13 bits per heavy atom. The number of hydrogen-bond acceptors (Lipinski definition) is 8. The first-order valence-electron chi connectivity index (χ1n) is 9.98. The molecule has 2 aliphatic rings. The molecular formula is C22H28O8. The number of aliphatic hydroxyl groups is 1. The van der Waals surface area contributed by atoms with Crippen LogP contribution in [-0.2, 0) is 19.7 Å². The molecule has 4 atom stereocenters. The number of phenolic OH excluding ortho intramolecular Hbond substituents is 3. The molecule has 1 aromatic carbocycles. The predicted molar refractivity (Wildman–Crippen MR) is 106 cm³/mol. The summed E-state index contributed by atoms with van der Waals surface area (Å²) < 4.78 is 5.42. The number of hydrogen-bond donors (Lipinski definition) is 4. The zero-order valence-electron chi connectivity index (χ0n) is 17.8. The first kappa shape index (κ1) is 22.1. The maximum atomic E-state index is 13.3. The van der Waals surface area contributed by atoms with E-state index in [0.29, 0.717) is 6.42 Å². The summed E-state index contributed by atoms with van der Waals surface area (Å²) in [7, 11) is 0. The number of aromatic hydroxyl groups is 3. The number of ketones is 2. The smallest absolute Gasteiger partial charge is 0.302 e. The lowest BCUT2D eigenvalue weighted by Crippen LogP contribution is -2.60. The molecule has 30 heavy (non-hydrogen) atoms. The molecule has 1 saturated carbocycles. The van der Waals surface area contributed by atoms with Crippen molar-refractivity contribution in [1.82, 2.24) is 0 Å². The van der Waals surface area contributed by atoms with Gasteiger partial charge in [-0.1, -0.05) is 27.7 Å². The second-order valence-electron chi connectivity index (χ2n) is 9.30. The summed E-state index contributed by atoms with van der Waals surface area (Å²) in [4.78, 5) is 37.9. The molecule has 0 heterocycles. The van der Waals surface area contributed by atoms with Gasteiger partial charge in [-0.3, -0.25) is 14.4 Å². The van der Waals surface area contributed by atoms with Crippen LogP contribution in [0.2, 0.25) is 0 Å². The lowest BCUT2D eigenvalue weighted by Gasteiger charge is -2.55. The van der Waals surface area contributed by atoms with Crippen LogP contribution in [0.1, 0.15) is 74.9 Å². The van der Waals surface area contributed by atoms with E-state index in [0.717, 1.165) is 0 Å². The van der Waals surface area contributed by atoms with Crippen molar-refractivity contribution in [3.8, 4) is 17.2 Å². The van der Waals surface area contributed by atoms with Gasteiger partial charge >= 0.3 is 5.97 Å². The number of fused-ring (bicyclic) bond motifs is 3. The van der Waals surface area contributed by atoms with Crippen LogP contribution in [-0.4, -0.2) is 50.7 Å². The topological polar surface area (TPSA) is 141 Å². The van der Waals surface area contributed by atoms with Crippen molar-refractivity contribution in [2.24, 2.45) is 11.3 Å². The van der Waals surface area contributed by atoms with Crippen LogP contribution >= 0.6 is 0 Å². The zero-order valence-corrected chi connectivity index (χ0v) is 17.8. The number of phenols is 3. The molecule has 0 saturated heterocycles. The van der Waals surface area contributed by atoms with Crippen LogP contribution in [0.25, 0.3) is 0 Å². The normalized spacial score (nSPS) is 28.5. The molecule has 0 aliphatic heterocycles. The van der Waals surface area contributed by atoms with Crippen LogP contribution in [0.3, 0.4) is 0 Å². The summed E-state index contributed by atoms with van der Waals surface area (Å²) in [5.41, 5.74) is -2.50. The summed E-state index contributed by atoms with van der Waals surface area (Å²) in [5, 5.41) is 41.8. The molecule has 0 bridgehead atoms. The second-order valence-corrected chi connectivity index (χ2v) is 9.30. The monoisotopic (exact) mass is 420 g/mol. The van der Waals surface area contributed by atoms with Gasteiger partial charge in [0.1, 0.15) is 11.9 Å². The number of Topliss-reactive ketones (excluding diaryl/α,β-unsaturated/α-hetero) is 2. The minimum atomic E-state index is -1.08. The summed E-state index contributed by atoms with van der Waals surface area (Å²) in [5.74, 6) is -5.70. The van der Waals surface area contributed by atoms with E-state index in [-0.39, 0.29) is 23.1 Å². The molecule has 0 spiro atoms. The lowest BCUT2D eigenvalue weighted by atomic mass is 9.48. The molecule has 0 unspecified atom stereocenters. The van der Waals surface area contributed by atoms with Gasteiger partial charge in [-0.2, -0.15) is 0 Å². The highest BCUT2D eigenvalue weighted by Gasteiger charge is 2.62. The third-order valence-electron chi connectivity index (χ3n) is 6.95. The van der Waals surface area contributed by atoms with Crippen LogP contribution in [0.4, 0.5) is 0 Å². The van der Waals surface area contributed by atoms with Gasteiger partial charge in [0.05, 0.1) is 5.56 Å². The average Bonchev–Trinajstić information content (AvgIpc) is 2.64. The maximum absolute atomic E-state index is 13.3. The summed E-state index contributed by atoms with van der Waals surface area (Å²) >= 11 is 0. The highest BCUT2D eigenvalue weighted by Crippen LogP contribution is 2.61. The van der Waals surface area contributed by atoms with E-state index in [9.17, 15) is 34.8 Å². The predicted octanol–water partition coefficient (Wildman–Crippen LogP) is 2.29. The molecule has 8 nitrogen and oxygen atoms in total. The Kier molecular flexibility index (Phi) is 5.13. The Hall–Kier alpha value is -2.61. The van der Waals surface area contributed by atoms with E-state index in [1.807, 2.05) is 0 Å². The quantitative estimate of drug-likeness (QED) is 0.253. The first-order valence-corrected chi connectivity index (χ1v) is 9.98. The molecule has 8 heteroatoms. The molecule has 3 rings (SSSR count). The SMILES string of the molecule is CC(=O)O[C@H]1CC[C@]2(C)c3c(O)c(O)c([C@@H](C)CO)c(O)c3C(=O)C(=O)[C@H]2C1(C)C. The van der Waals surface area contributed by atoms with Gasteiger partial charge in [0.25, 0.3) is 0 Å². The Bertz CT molecular complexity index is 947. The van der Waals surface area contributed by atoms with E-state index in [2.05, 4.69) is 0 Å². The summed E-state index contributed by atoms with van der Waals surface area (Å²) in [6.07, 6.45) is 0.0484. The van der Waals surface area contributed by atoms with Crippen molar-refractivity contribution >= 4 is 17.5 Å². The van der Waals surface area contributed by atoms with Crippen molar-refractivity contribution in [2.75, 3.05) is 6.61 Å². The Labute approximate surface area is 174 Å². The number of aliphatic hydroxyl groups excluding tert-OH is 1. The Morgan fingerprint density at radius 3 is 2.27 bits per heavy atom. The van der Waals surface area contributed by atoms with Crippen molar-refractivity contribution in [1.29, 1.82) is 0 Å². The van der Waals surface area contributed by atoms with Crippen molar-refractivity contribution in [2.45, 2.75) is 64.9 Å². The third-order valence-corrected chi connectivity index (χ3v) is 6.95. The first-order chi connectivity index (χ1) is 13.8. The van der Waals surface area contributed by atoms with E-state index >= 15 is 0 Å². The van der Waals surface area contributed by atoms with Crippen LogP contribution in [0.15, 0.2) is 0 Å². The molecule has 2 aliphatic carbocycles. The van der Waals surface area contributed by atoms with Crippen LogP contribution < -0.4 is 0 Å². The minimum absolute atomic E-state index is 0.0235. The summed E-state index contributed by atoms with van der Waals surface area (Å²) in [6, 6.07) is 0. The van der Waals surface area contributed by atoms with E-state index < -0.39 is 70.2 Å². The highest BCUT2D eigenvalue weighted by molar-refractivity contribution is 6.47. The second kappa shape index (κ2) is 6.97. The number of rotatable bonds is 3. The lowest BCUT2D eigenvalue weighted by molar-refractivity contribution is -0.166. The zero-order chi connectivity index (χ0) is 22.8. The highest BCUT2D eigenvalue weighted by atomic mass is 16.5. The number of esters is 1. The Morgan fingerprint density at radius 2 is 1.73 bits per heavy atom. The Balaban J connectivity index is 2.31. The number of benzene rings is 1. The van der Waals surface area contributed by atoms with Crippen LogP contribution in [0.5, 0.6) is 17.2 Å². The molecule has 4 N–H and O–H groups in total. The summed E-state index contributed by atoms with van der Waals surface area (Å²) in [6.45, 7) is 7.51. The molecular weight excluding hydrogens is 392 g/mol.